The van der Waals surface area contributed by atoms with E-state index in [1.54, 1.807) is 0 Å². The Hall–Kier alpha value is -0.0400. The molecule has 0 aliphatic carbocycles. The number of rotatable bonds is 31. The third kappa shape index (κ3) is 16.0. The van der Waals surface area contributed by atoms with E-state index in [1.807, 2.05) is 0 Å². The molecule has 0 bridgehead atoms. The lowest BCUT2D eigenvalue weighted by atomic mass is 9.56. The van der Waals surface area contributed by atoms with Crippen molar-refractivity contribution in [2.45, 2.75) is 247 Å². The topological polar surface area (TPSA) is 20.2 Å². The summed E-state index contributed by atoms with van der Waals surface area (Å²) < 4.78 is 0. The van der Waals surface area contributed by atoms with Gasteiger partial charge in [-0.1, -0.05) is 235 Å². The van der Waals surface area contributed by atoms with Crippen molar-refractivity contribution in [3.8, 4) is 0 Å². The molecule has 1 heteroatoms. The van der Waals surface area contributed by atoms with E-state index < -0.39 is 5.60 Å². The lowest BCUT2D eigenvalue weighted by molar-refractivity contribution is -0.1000. The number of aliphatic hydroxyl groups is 1. The molecule has 0 aliphatic heterocycles. The van der Waals surface area contributed by atoms with Gasteiger partial charge in [-0.2, -0.15) is 0 Å². The van der Waals surface area contributed by atoms with Crippen LogP contribution in [0, 0.1) is 177 Å². The Balaban J connectivity index is 5.96. The van der Waals surface area contributed by atoms with Crippen molar-refractivity contribution in [1.82, 2.24) is 0 Å². The maximum absolute atomic E-state index is 12.7. The van der Waals surface area contributed by atoms with Crippen molar-refractivity contribution in [1.29, 1.82) is 0 Å². The standard InChI is InChI=1S/C66H134O/c1-35-37(4)39(6)41(8)43(10)45(12)46(13)47(14)48(15)49(16)51(18)53(20)55(22)59(26)63(30)66(34,67)64(31)60(27)56(23)58(25)62(29)65(32,33)61(28)57(24)54(21)52(19)50(17)44(11)42(9)40(7)38(5)36(2)3/h36-64,67H,35H2,1-34H3. The maximum Gasteiger partial charge on any atom is 0.0675 e. The Labute approximate surface area is 427 Å². The molecule has 0 saturated carbocycles. The van der Waals surface area contributed by atoms with E-state index in [0.717, 1.165) is 47.3 Å². The van der Waals surface area contributed by atoms with E-state index in [1.165, 1.54) is 6.42 Å². The molecule has 67 heavy (non-hydrogen) atoms. The fraction of sp³-hybridized carbons (Fsp3) is 1.00. The second-order valence-corrected chi connectivity index (χ2v) is 28.6. The zero-order chi connectivity index (χ0) is 53.5. The van der Waals surface area contributed by atoms with E-state index in [9.17, 15) is 5.11 Å². The van der Waals surface area contributed by atoms with E-state index in [4.69, 9.17) is 0 Å². The zero-order valence-electron chi connectivity index (χ0n) is 52.9. The highest BCUT2D eigenvalue weighted by Crippen LogP contribution is 2.51. The quantitative estimate of drug-likeness (QED) is 0.0734. The highest BCUT2D eigenvalue weighted by Gasteiger charge is 2.47. The van der Waals surface area contributed by atoms with Gasteiger partial charge in [0.1, 0.15) is 0 Å². The molecule has 0 aromatic carbocycles. The predicted molar refractivity (Wildman–Crippen MR) is 306 cm³/mol. The number of hydrogen-bond donors (Lipinski definition) is 1. The summed E-state index contributed by atoms with van der Waals surface area (Å²) >= 11 is 0. The van der Waals surface area contributed by atoms with Gasteiger partial charge in [-0.3, -0.25) is 0 Å². The van der Waals surface area contributed by atoms with Gasteiger partial charge in [-0.15, -0.1) is 0 Å². The molecule has 0 amide bonds. The summed E-state index contributed by atoms with van der Waals surface area (Å²) in [7, 11) is 0. The molecule has 0 aromatic heterocycles. The Morgan fingerprint density at radius 1 is 0.239 bits per heavy atom. The predicted octanol–water partition coefficient (Wildman–Crippen LogP) is 20.6. The minimum absolute atomic E-state index is 0.200. The van der Waals surface area contributed by atoms with Crippen molar-refractivity contribution in [2.75, 3.05) is 0 Å². The van der Waals surface area contributed by atoms with Crippen LogP contribution in [0.5, 0.6) is 0 Å². The van der Waals surface area contributed by atoms with Gasteiger partial charge in [0.15, 0.2) is 0 Å². The first-order valence-electron chi connectivity index (χ1n) is 30.0. The summed E-state index contributed by atoms with van der Waals surface area (Å²) in [6, 6.07) is 0. The molecule has 0 heterocycles. The molecule has 1 nitrogen and oxygen atoms in total. The van der Waals surface area contributed by atoms with Crippen molar-refractivity contribution >= 4 is 0 Å². The fourth-order valence-corrected chi connectivity index (χ4v) is 14.7. The van der Waals surface area contributed by atoms with Gasteiger partial charge >= 0.3 is 0 Å². The van der Waals surface area contributed by atoms with Crippen LogP contribution < -0.4 is 0 Å². The van der Waals surface area contributed by atoms with Crippen molar-refractivity contribution in [3.63, 3.8) is 0 Å². The molecule has 404 valence electrons. The molecule has 1 N–H and O–H groups in total. The van der Waals surface area contributed by atoms with Crippen LogP contribution in [0.3, 0.4) is 0 Å². The normalized spacial score (nSPS) is 26.9. The summed E-state index contributed by atoms with van der Waals surface area (Å²) in [5.41, 5.74) is -0.545. The Kier molecular flexibility index (Phi) is 27.8. The summed E-state index contributed by atoms with van der Waals surface area (Å²) in [5, 5.41) is 12.7. The molecule has 0 aliphatic rings. The molecule has 0 spiro atoms. The summed E-state index contributed by atoms with van der Waals surface area (Å²) in [4.78, 5) is 0. The molecule has 29 atom stereocenters. The van der Waals surface area contributed by atoms with Crippen LogP contribution in [0.2, 0.25) is 0 Å². The zero-order valence-corrected chi connectivity index (χ0v) is 52.9. The van der Waals surface area contributed by atoms with E-state index in [2.05, 4.69) is 235 Å². The largest absolute Gasteiger partial charge is 0.390 e. The average molecular weight is 944 g/mol. The minimum Gasteiger partial charge on any atom is -0.390 e. The van der Waals surface area contributed by atoms with E-state index in [0.29, 0.717) is 112 Å². The van der Waals surface area contributed by atoms with E-state index in [-0.39, 0.29) is 17.3 Å². The highest BCUT2D eigenvalue weighted by molar-refractivity contribution is 4.96. The smallest absolute Gasteiger partial charge is 0.0675 e. The minimum atomic E-state index is -0.745. The third-order valence-electron chi connectivity index (χ3n) is 26.5. The number of hydrogen-bond acceptors (Lipinski definition) is 1. The molecular weight excluding hydrogens is 809 g/mol. The summed E-state index contributed by atoms with van der Waals surface area (Å²) in [5.74, 6) is 18.1. The van der Waals surface area contributed by atoms with Gasteiger partial charge in [0, 0.05) is 0 Å². The van der Waals surface area contributed by atoms with Crippen LogP contribution in [0.25, 0.3) is 0 Å². The Morgan fingerprint density at radius 2 is 0.403 bits per heavy atom. The highest BCUT2D eigenvalue weighted by atomic mass is 16.3. The molecule has 0 aromatic rings. The molecule has 0 saturated heterocycles. The van der Waals surface area contributed by atoms with Crippen LogP contribution in [0.15, 0.2) is 0 Å². The van der Waals surface area contributed by atoms with Gasteiger partial charge in [-0.05, 0) is 184 Å². The van der Waals surface area contributed by atoms with Gasteiger partial charge in [0.25, 0.3) is 0 Å². The maximum atomic E-state index is 12.7. The van der Waals surface area contributed by atoms with Crippen molar-refractivity contribution < 1.29 is 5.11 Å². The molecular formula is C66H134O. The first-order valence-corrected chi connectivity index (χ1v) is 30.0. The summed E-state index contributed by atoms with van der Waals surface area (Å²) in [6.45, 7) is 85.2. The van der Waals surface area contributed by atoms with Gasteiger partial charge in [0.05, 0.1) is 5.60 Å². The lowest BCUT2D eigenvalue weighted by Crippen LogP contribution is -2.49. The lowest BCUT2D eigenvalue weighted by Gasteiger charge is -2.50. The molecule has 0 fully saturated rings. The third-order valence-corrected chi connectivity index (χ3v) is 26.5. The Bertz CT molecular complexity index is 1330. The molecule has 29 unspecified atom stereocenters. The first kappa shape index (κ1) is 67.0. The second kappa shape index (κ2) is 27.9. The summed E-state index contributed by atoms with van der Waals surface area (Å²) in [6.07, 6.45) is 1.28. The van der Waals surface area contributed by atoms with Crippen LogP contribution >= 0.6 is 0 Å². The molecule has 0 radical (unpaired) electrons. The van der Waals surface area contributed by atoms with Gasteiger partial charge in [-0.25, -0.2) is 0 Å². The Morgan fingerprint density at radius 3 is 0.612 bits per heavy atom. The fourth-order valence-electron chi connectivity index (χ4n) is 14.7. The van der Waals surface area contributed by atoms with Crippen LogP contribution in [-0.2, 0) is 0 Å². The van der Waals surface area contributed by atoms with Crippen molar-refractivity contribution in [3.05, 3.63) is 0 Å². The van der Waals surface area contributed by atoms with Gasteiger partial charge < -0.3 is 5.11 Å². The van der Waals surface area contributed by atoms with Crippen LogP contribution in [0.1, 0.15) is 242 Å². The van der Waals surface area contributed by atoms with Crippen LogP contribution in [0.4, 0.5) is 0 Å². The molecule has 0 rings (SSSR count). The van der Waals surface area contributed by atoms with E-state index >= 15 is 0 Å². The van der Waals surface area contributed by atoms with Crippen molar-refractivity contribution in [2.24, 2.45) is 177 Å². The van der Waals surface area contributed by atoms with Crippen LogP contribution in [-0.4, -0.2) is 10.7 Å². The average Bonchev–Trinajstić information content (AvgIpc) is 3.31. The first-order chi connectivity index (χ1) is 30.3. The monoisotopic (exact) mass is 943 g/mol. The van der Waals surface area contributed by atoms with Gasteiger partial charge in [0.2, 0.25) is 0 Å². The second-order valence-electron chi connectivity index (χ2n) is 28.6. The SMILES string of the molecule is CCC(C)C(C)C(C)C(C)C(C)C(C)C(C)C(C)C(C)C(C)C(C)C(C)C(C)C(C)C(C)(O)C(C)C(C)C(C)C(C)C(C)C(C)(C)C(C)C(C)C(C)C(C)C(C)C(C)C(C)C(C)C(C)C(C)C.